The number of rotatable bonds is 6. The summed E-state index contributed by atoms with van der Waals surface area (Å²) in [5.41, 5.74) is 2.44. The second-order valence-corrected chi connectivity index (χ2v) is 7.60. The average molecular weight is 389 g/mol. The van der Waals surface area contributed by atoms with Crippen LogP contribution in [-0.4, -0.2) is 46.4 Å². The molecular weight excluding hydrogens is 360 g/mol. The molecule has 2 heterocycles. The summed E-state index contributed by atoms with van der Waals surface area (Å²) in [6, 6.07) is 8.50. The first-order chi connectivity index (χ1) is 13.1. The molecule has 1 aromatic carbocycles. The number of ether oxygens (including phenoxy) is 2. The largest absolute Gasteiger partial charge is 0.497 e. The molecule has 0 radical (unpaired) electrons. The van der Waals surface area contributed by atoms with Crippen LogP contribution < -0.4 is 25.0 Å². The van der Waals surface area contributed by atoms with E-state index in [-0.39, 0.29) is 0 Å². The van der Waals surface area contributed by atoms with Gasteiger partial charge in [0, 0.05) is 54.9 Å². The van der Waals surface area contributed by atoms with E-state index in [0.717, 1.165) is 49.2 Å². The monoisotopic (exact) mass is 388 g/mol. The van der Waals surface area contributed by atoms with Gasteiger partial charge in [-0.05, 0) is 30.4 Å². The fourth-order valence-corrected chi connectivity index (χ4v) is 4.07. The van der Waals surface area contributed by atoms with Crippen molar-refractivity contribution >= 4 is 23.0 Å². The van der Waals surface area contributed by atoms with Crippen LogP contribution in [0.25, 0.3) is 0 Å². The zero-order valence-electron chi connectivity index (χ0n) is 16.4. The number of nitrogens with zero attached hydrogens (tertiary/aromatic N) is 2. The number of aliphatic imine (C=N–C) groups is 1. The van der Waals surface area contributed by atoms with Gasteiger partial charge in [-0.25, -0.2) is 0 Å². The molecule has 1 aliphatic heterocycles. The number of benzene rings is 1. The van der Waals surface area contributed by atoms with Crippen molar-refractivity contribution in [1.29, 1.82) is 0 Å². The molecule has 0 spiro atoms. The van der Waals surface area contributed by atoms with Crippen molar-refractivity contribution in [2.24, 2.45) is 4.99 Å². The second-order valence-electron chi connectivity index (χ2n) is 6.60. The summed E-state index contributed by atoms with van der Waals surface area (Å²) < 4.78 is 10.8. The summed E-state index contributed by atoms with van der Waals surface area (Å²) in [5, 5.41) is 9.09. The number of nitrogens with one attached hydrogen (secondary N) is 2. The van der Waals surface area contributed by atoms with E-state index in [1.54, 1.807) is 25.6 Å². The van der Waals surface area contributed by atoms with Gasteiger partial charge in [-0.3, -0.25) is 4.99 Å². The van der Waals surface area contributed by atoms with Gasteiger partial charge >= 0.3 is 0 Å². The molecule has 1 atom stereocenters. The van der Waals surface area contributed by atoms with Crippen molar-refractivity contribution in [2.45, 2.75) is 25.9 Å². The lowest BCUT2D eigenvalue weighted by molar-refractivity contribution is 0.394. The average Bonchev–Trinajstić information content (AvgIpc) is 3.33. The molecule has 1 unspecified atom stereocenters. The normalized spacial score (nSPS) is 17.1. The summed E-state index contributed by atoms with van der Waals surface area (Å²) in [6.45, 7) is 4.83. The minimum Gasteiger partial charge on any atom is -0.497 e. The van der Waals surface area contributed by atoms with Gasteiger partial charge < -0.3 is 25.0 Å². The van der Waals surface area contributed by atoms with E-state index in [2.05, 4.69) is 51.0 Å². The topological polar surface area (TPSA) is 58.1 Å². The van der Waals surface area contributed by atoms with E-state index in [0.29, 0.717) is 6.04 Å². The molecule has 146 valence electrons. The van der Waals surface area contributed by atoms with Crippen LogP contribution in [0.5, 0.6) is 11.5 Å². The number of hydrogen-bond donors (Lipinski definition) is 2. The van der Waals surface area contributed by atoms with Crippen molar-refractivity contribution < 1.29 is 9.47 Å². The molecule has 2 N–H and O–H groups in total. The van der Waals surface area contributed by atoms with Gasteiger partial charge in [0.15, 0.2) is 5.96 Å². The van der Waals surface area contributed by atoms with Crippen LogP contribution in [0.15, 0.2) is 34.6 Å². The summed E-state index contributed by atoms with van der Waals surface area (Å²) in [6.07, 6.45) is 1.05. The van der Waals surface area contributed by atoms with E-state index in [4.69, 9.17) is 9.47 Å². The summed E-state index contributed by atoms with van der Waals surface area (Å²) in [5.74, 6) is 2.46. The van der Waals surface area contributed by atoms with Gasteiger partial charge in [0.05, 0.1) is 20.8 Å². The first kappa shape index (κ1) is 19.4. The Morgan fingerprint density at radius 1 is 1.26 bits per heavy atom. The standard InChI is InChI=1S/C20H28N4O2S/c1-14-6-8-27-19(14)12-22-20(21-2)23-15-5-7-24(13-15)16-9-17(25-3)11-18(10-16)26-4/h6,8-11,15H,5,7,12-13H2,1-4H3,(H2,21,22,23). The third kappa shape index (κ3) is 4.86. The smallest absolute Gasteiger partial charge is 0.191 e. The highest BCUT2D eigenvalue weighted by Crippen LogP contribution is 2.30. The third-order valence-corrected chi connectivity index (χ3v) is 5.86. The summed E-state index contributed by atoms with van der Waals surface area (Å²) in [7, 11) is 5.17. The first-order valence-corrected chi connectivity index (χ1v) is 9.99. The van der Waals surface area contributed by atoms with Crippen LogP contribution in [0.2, 0.25) is 0 Å². The number of guanidine groups is 1. The minimum absolute atomic E-state index is 0.345. The SMILES string of the molecule is CN=C(NCc1sccc1C)NC1CCN(c2cc(OC)cc(OC)c2)C1. The lowest BCUT2D eigenvalue weighted by Crippen LogP contribution is -2.44. The summed E-state index contributed by atoms with van der Waals surface area (Å²) in [4.78, 5) is 8.06. The maximum Gasteiger partial charge on any atom is 0.191 e. The number of thiophene rings is 1. The molecule has 7 heteroatoms. The quantitative estimate of drug-likeness (QED) is 0.588. The van der Waals surface area contributed by atoms with Crippen LogP contribution >= 0.6 is 11.3 Å². The Bertz CT molecular complexity index is 768. The van der Waals surface area contributed by atoms with Gasteiger partial charge in [-0.1, -0.05) is 0 Å². The number of aryl methyl sites for hydroxylation is 1. The number of methoxy groups -OCH3 is 2. The highest BCUT2D eigenvalue weighted by molar-refractivity contribution is 7.10. The second kappa shape index (κ2) is 8.99. The maximum atomic E-state index is 5.39. The Morgan fingerprint density at radius 3 is 2.59 bits per heavy atom. The molecule has 0 saturated carbocycles. The zero-order chi connectivity index (χ0) is 19.2. The van der Waals surface area contributed by atoms with E-state index in [9.17, 15) is 0 Å². The van der Waals surface area contributed by atoms with Crippen LogP contribution in [0.1, 0.15) is 16.9 Å². The molecule has 0 bridgehead atoms. The molecule has 27 heavy (non-hydrogen) atoms. The number of anilines is 1. The van der Waals surface area contributed by atoms with E-state index in [1.807, 2.05) is 13.1 Å². The van der Waals surface area contributed by atoms with Crippen molar-refractivity contribution in [3.05, 3.63) is 40.1 Å². The molecule has 0 amide bonds. The fourth-order valence-electron chi connectivity index (χ4n) is 3.22. The Balaban J connectivity index is 1.58. The van der Waals surface area contributed by atoms with Crippen molar-refractivity contribution in [2.75, 3.05) is 39.3 Å². The zero-order valence-corrected chi connectivity index (χ0v) is 17.2. The molecule has 2 aromatic rings. The highest BCUT2D eigenvalue weighted by atomic mass is 32.1. The number of hydrogen-bond acceptors (Lipinski definition) is 5. The molecule has 1 aromatic heterocycles. The molecule has 1 fully saturated rings. The third-order valence-electron chi connectivity index (χ3n) is 4.84. The molecule has 1 aliphatic rings. The van der Waals surface area contributed by atoms with Gasteiger partial charge in [-0.2, -0.15) is 0 Å². The Labute approximate surface area is 165 Å². The molecule has 1 saturated heterocycles. The van der Waals surface area contributed by atoms with Crippen LogP contribution in [0.3, 0.4) is 0 Å². The van der Waals surface area contributed by atoms with E-state index in [1.165, 1.54) is 10.4 Å². The van der Waals surface area contributed by atoms with E-state index >= 15 is 0 Å². The highest BCUT2D eigenvalue weighted by Gasteiger charge is 2.24. The van der Waals surface area contributed by atoms with Crippen molar-refractivity contribution in [3.63, 3.8) is 0 Å². The van der Waals surface area contributed by atoms with Crippen LogP contribution in [0, 0.1) is 6.92 Å². The first-order valence-electron chi connectivity index (χ1n) is 9.11. The van der Waals surface area contributed by atoms with Crippen LogP contribution in [0.4, 0.5) is 5.69 Å². The predicted octanol–water partition coefficient (Wildman–Crippen LogP) is 3.02. The lowest BCUT2D eigenvalue weighted by Gasteiger charge is -2.21. The molecule has 0 aliphatic carbocycles. The maximum absolute atomic E-state index is 5.39. The molecular formula is C20H28N4O2S. The Morgan fingerprint density at radius 2 is 2.00 bits per heavy atom. The van der Waals surface area contributed by atoms with Crippen molar-refractivity contribution in [1.82, 2.24) is 10.6 Å². The van der Waals surface area contributed by atoms with Crippen LogP contribution in [-0.2, 0) is 6.54 Å². The lowest BCUT2D eigenvalue weighted by atomic mass is 10.2. The minimum atomic E-state index is 0.345. The van der Waals surface area contributed by atoms with Gasteiger partial charge in [0.25, 0.3) is 0 Å². The van der Waals surface area contributed by atoms with E-state index < -0.39 is 0 Å². The Kier molecular flexibility index (Phi) is 6.45. The molecule has 3 rings (SSSR count). The molecule has 6 nitrogen and oxygen atoms in total. The van der Waals surface area contributed by atoms with Gasteiger partial charge in [0.1, 0.15) is 11.5 Å². The van der Waals surface area contributed by atoms with Gasteiger partial charge in [-0.15, -0.1) is 11.3 Å². The predicted molar refractivity (Wildman–Crippen MR) is 113 cm³/mol. The fraction of sp³-hybridized carbons (Fsp3) is 0.450. The Hall–Kier alpha value is -2.41. The summed E-state index contributed by atoms with van der Waals surface area (Å²) >= 11 is 1.77. The van der Waals surface area contributed by atoms with Gasteiger partial charge in [0.2, 0.25) is 0 Å². The van der Waals surface area contributed by atoms with Crippen molar-refractivity contribution in [3.8, 4) is 11.5 Å².